The Hall–Kier alpha value is -6.13. The number of aliphatic hydroxyl groups is 1. The zero-order valence-corrected chi connectivity index (χ0v) is 27.5. The molecule has 0 spiro atoms. The summed E-state index contributed by atoms with van der Waals surface area (Å²) in [5.74, 6) is -1.03. The van der Waals surface area contributed by atoms with Crippen LogP contribution in [0.2, 0.25) is 5.02 Å². The number of carbonyl (C=O) groups is 2. The molecule has 0 atom stereocenters. The highest BCUT2D eigenvalue weighted by atomic mass is 35.5. The number of nitrogens with zero attached hydrogens (tertiary/aromatic N) is 5. The van der Waals surface area contributed by atoms with Crippen LogP contribution in [0, 0.1) is 18.3 Å². The Morgan fingerprint density at radius 3 is 2.70 bits per heavy atom. The van der Waals surface area contributed by atoms with E-state index in [9.17, 15) is 20.0 Å². The molecular weight excluding hydrogens is 658 g/mol. The molecule has 0 saturated carbocycles. The number of halogens is 1. The summed E-state index contributed by atoms with van der Waals surface area (Å²) >= 11 is 6.54. The lowest BCUT2D eigenvalue weighted by Crippen LogP contribution is -2.18. The van der Waals surface area contributed by atoms with Crippen LogP contribution in [0.5, 0.6) is 0 Å². The van der Waals surface area contributed by atoms with E-state index >= 15 is 0 Å². The van der Waals surface area contributed by atoms with E-state index < -0.39 is 5.97 Å². The fourth-order valence-electron chi connectivity index (χ4n) is 5.39. The van der Waals surface area contributed by atoms with E-state index in [2.05, 4.69) is 31.7 Å². The van der Waals surface area contributed by atoms with Gasteiger partial charge in [-0.25, -0.2) is 9.78 Å². The second-order valence-corrected chi connectivity index (χ2v) is 11.7. The van der Waals surface area contributed by atoms with Crippen LogP contribution in [-0.4, -0.2) is 54.8 Å². The zero-order chi connectivity index (χ0) is 35.2. The summed E-state index contributed by atoms with van der Waals surface area (Å²) in [6.07, 6.45) is 9.88. The molecule has 0 fully saturated rings. The fourth-order valence-corrected chi connectivity index (χ4v) is 5.65. The van der Waals surface area contributed by atoms with Gasteiger partial charge in [-0.3, -0.25) is 14.8 Å². The average molecular weight is 688 g/mol. The van der Waals surface area contributed by atoms with Crippen LogP contribution in [0.25, 0.3) is 34.4 Å². The maximum atomic E-state index is 13.1. The van der Waals surface area contributed by atoms with Crippen molar-refractivity contribution in [1.29, 1.82) is 5.26 Å². The van der Waals surface area contributed by atoms with Gasteiger partial charge < -0.3 is 29.8 Å². The highest BCUT2D eigenvalue weighted by molar-refractivity contribution is 6.34. The van der Waals surface area contributed by atoms with E-state index in [0.29, 0.717) is 63.2 Å². The Bertz CT molecular complexity index is 2290. The molecular formula is C37H30ClN7O5. The first-order valence-corrected chi connectivity index (χ1v) is 15.8. The minimum absolute atomic E-state index is 0.0372. The first-order chi connectivity index (χ1) is 24.2. The largest absolute Gasteiger partial charge is 0.478 e. The maximum absolute atomic E-state index is 13.1. The first-order valence-electron chi connectivity index (χ1n) is 15.5. The molecule has 0 aliphatic rings. The van der Waals surface area contributed by atoms with Crippen molar-refractivity contribution < 1.29 is 24.2 Å². The van der Waals surface area contributed by atoms with Crippen molar-refractivity contribution in [3.63, 3.8) is 0 Å². The van der Waals surface area contributed by atoms with E-state index in [0.717, 1.165) is 16.7 Å². The Kier molecular flexibility index (Phi) is 10.1. The van der Waals surface area contributed by atoms with Gasteiger partial charge in [-0.05, 0) is 71.7 Å². The molecule has 250 valence electrons. The molecule has 6 aromatic rings. The summed E-state index contributed by atoms with van der Waals surface area (Å²) in [4.78, 5) is 37.5. The second kappa shape index (κ2) is 15.0. The smallest absolute Gasteiger partial charge is 0.337 e. The van der Waals surface area contributed by atoms with Crippen molar-refractivity contribution in [2.24, 2.45) is 0 Å². The topological polar surface area (TPSA) is 179 Å². The van der Waals surface area contributed by atoms with Gasteiger partial charge in [-0.2, -0.15) is 5.26 Å². The molecule has 13 heteroatoms. The number of anilines is 1. The summed E-state index contributed by atoms with van der Waals surface area (Å²) in [6.45, 7) is 3.13. The van der Waals surface area contributed by atoms with E-state index in [4.69, 9.17) is 21.1 Å². The molecule has 0 aliphatic carbocycles. The molecule has 0 aliphatic heterocycles. The molecule has 4 aromatic heterocycles. The number of aliphatic hydroxyl groups excluding tert-OH is 1. The summed E-state index contributed by atoms with van der Waals surface area (Å²) in [6, 6.07) is 18.0. The SMILES string of the molecule is Cc1c(NC(=O)c2ccc(CNCCO)cn2)cccc1-c1ccnc(/C=C/c2cc(Cl)c3oc(Cn4ccc(C(=O)O)c4)nc3c2)c1C#N. The lowest BCUT2D eigenvalue weighted by atomic mass is 9.94. The number of carbonyl (C=O) groups excluding carboxylic acids is 1. The molecule has 6 rings (SSSR count). The number of hydrogen-bond donors (Lipinski definition) is 4. The van der Waals surface area contributed by atoms with Crippen LogP contribution in [0.4, 0.5) is 5.69 Å². The molecule has 12 nitrogen and oxygen atoms in total. The van der Waals surface area contributed by atoms with Crippen molar-refractivity contribution in [2.75, 3.05) is 18.5 Å². The van der Waals surface area contributed by atoms with E-state index in [1.54, 1.807) is 71.7 Å². The van der Waals surface area contributed by atoms with Gasteiger partial charge in [0.05, 0.1) is 35.0 Å². The van der Waals surface area contributed by atoms with Gasteiger partial charge in [0.25, 0.3) is 5.91 Å². The minimum Gasteiger partial charge on any atom is -0.478 e. The maximum Gasteiger partial charge on any atom is 0.337 e. The normalized spacial score (nSPS) is 11.2. The third-order valence-corrected chi connectivity index (χ3v) is 8.18. The van der Waals surface area contributed by atoms with Crippen LogP contribution in [0.3, 0.4) is 0 Å². The quantitative estimate of drug-likeness (QED) is 0.109. The number of carboxylic acid groups (broad SMARTS) is 1. The Balaban J connectivity index is 1.22. The van der Waals surface area contributed by atoms with E-state index in [-0.39, 0.29) is 30.3 Å². The van der Waals surface area contributed by atoms with Crippen molar-refractivity contribution in [2.45, 2.75) is 20.0 Å². The van der Waals surface area contributed by atoms with Gasteiger partial charge in [0.1, 0.15) is 17.3 Å². The van der Waals surface area contributed by atoms with Crippen molar-refractivity contribution in [3.05, 3.63) is 130 Å². The molecule has 1 amide bonds. The van der Waals surface area contributed by atoms with Gasteiger partial charge in [0.15, 0.2) is 5.58 Å². The minimum atomic E-state index is -1.02. The summed E-state index contributed by atoms with van der Waals surface area (Å²) < 4.78 is 7.51. The van der Waals surface area contributed by atoms with Crippen LogP contribution in [0.15, 0.2) is 83.8 Å². The number of rotatable bonds is 12. The van der Waals surface area contributed by atoms with Crippen molar-refractivity contribution in [1.82, 2.24) is 24.8 Å². The summed E-state index contributed by atoms with van der Waals surface area (Å²) in [7, 11) is 0. The molecule has 50 heavy (non-hydrogen) atoms. The first kappa shape index (κ1) is 33.8. The number of hydrogen-bond acceptors (Lipinski definition) is 9. The third-order valence-electron chi connectivity index (χ3n) is 7.90. The summed E-state index contributed by atoms with van der Waals surface area (Å²) in [5.41, 5.74) is 6.49. The standard InChI is InChI=1S/C37H30ClN7O5/c1-22-26(3-2-4-30(22)44-36(47)32-8-6-24(19-42-32)18-40-12-14-46)27-9-11-41-31(28(27)17-39)7-5-23-15-29(38)35-33(16-23)43-34(50-35)21-45-13-10-25(20-45)37(48)49/h2-11,13,15-16,19-20,40,46H,12,14,18,21H2,1H3,(H,44,47)(H,48,49)/b7-5+. The number of fused-ring (bicyclic) bond motifs is 1. The van der Waals surface area contributed by atoms with Gasteiger partial charge >= 0.3 is 5.97 Å². The van der Waals surface area contributed by atoms with Crippen molar-refractivity contribution in [3.8, 4) is 17.2 Å². The van der Waals surface area contributed by atoms with Crippen LogP contribution in [0.1, 0.15) is 54.7 Å². The van der Waals surface area contributed by atoms with Crippen LogP contribution in [-0.2, 0) is 13.1 Å². The van der Waals surface area contributed by atoms with E-state index in [1.165, 1.54) is 12.3 Å². The van der Waals surface area contributed by atoms with Gasteiger partial charge in [0.2, 0.25) is 5.89 Å². The molecule has 0 unspecified atom stereocenters. The Morgan fingerprint density at radius 1 is 1.10 bits per heavy atom. The van der Waals surface area contributed by atoms with Crippen LogP contribution >= 0.6 is 11.6 Å². The van der Waals surface area contributed by atoms with Gasteiger partial charge in [-0.15, -0.1) is 0 Å². The second-order valence-electron chi connectivity index (χ2n) is 11.3. The lowest BCUT2D eigenvalue weighted by molar-refractivity contribution is 0.0696. The van der Waals surface area contributed by atoms with Gasteiger partial charge in [0, 0.05) is 49.1 Å². The number of amides is 1. The number of aromatic nitrogens is 4. The highest BCUT2D eigenvalue weighted by Gasteiger charge is 2.17. The number of nitrogens with one attached hydrogen (secondary N) is 2. The number of nitriles is 1. The van der Waals surface area contributed by atoms with Crippen LogP contribution < -0.4 is 10.6 Å². The number of aromatic carboxylic acids is 1. The highest BCUT2D eigenvalue weighted by Crippen LogP contribution is 2.33. The molecule has 0 bridgehead atoms. The Morgan fingerprint density at radius 2 is 1.96 bits per heavy atom. The van der Waals surface area contributed by atoms with E-state index in [1.807, 2.05) is 19.1 Å². The molecule has 4 heterocycles. The monoisotopic (exact) mass is 687 g/mol. The zero-order valence-electron chi connectivity index (χ0n) is 26.7. The fraction of sp³-hybridized carbons (Fsp3) is 0.135. The number of benzene rings is 2. The Labute approximate surface area is 291 Å². The predicted octanol–water partition coefficient (Wildman–Crippen LogP) is 6.17. The number of oxazole rings is 1. The average Bonchev–Trinajstić information content (AvgIpc) is 3.76. The van der Waals surface area contributed by atoms with Gasteiger partial charge in [-0.1, -0.05) is 35.9 Å². The molecule has 0 radical (unpaired) electrons. The lowest BCUT2D eigenvalue weighted by Gasteiger charge is -2.14. The third kappa shape index (κ3) is 7.45. The number of pyridine rings is 2. The number of carboxylic acids is 1. The molecule has 0 saturated heterocycles. The summed E-state index contributed by atoms with van der Waals surface area (Å²) in [5, 5.41) is 34.7. The molecule has 4 N–H and O–H groups in total. The van der Waals surface area contributed by atoms with Crippen molar-refractivity contribution >= 4 is 52.4 Å². The predicted molar refractivity (Wildman–Crippen MR) is 189 cm³/mol. The molecule has 2 aromatic carbocycles.